The first-order valence-corrected chi connectivity index (χ1v) is 4.29. The summed E-state index contributed by atoms with van der Waals surface area (Å²) in [7, 11) is 0. The van der Waals surface area contributed by atoms with E-state index >= 15 is 0 Å². The fraction of sp³-hybridized carbons (Fsp3) is 0.400. The predicted molar refractivity (Wildman–Crippen MR) is 49.5 cm³/mol. The number of rotatable bonds is 4. The molecule has 0 aromatic heterocycles. The van der Waals surface area contributed by atoms with Crippen molar-refractivity contribution >= 4 is 0 Å². The molecule has 0 amide bonds. The third-order valence-electron chi connectivity index (χ3n) is 1.87. The van der Waals surface area contributed by atoms with Crippen LogP contribution in [0.3, 0.4) is 0 Å². The minimum absolute atomic E-state index is 0.000744. The van der Waals surface area contributed by atoms with Gasteiger partial charge in [0.2, 0.25) is 0 Å². The Kier molecular flexibility index (Phi) is 3.73. The molecular weight excluding hydrogens is 168 g/mol. The molecule has 0 radical (unpaired) electrons. The summed E-state index contributed by atoms with van der Waals surface area (Å²) in [6.07, 6.45) is 0.399. The molecule has 1 atom stereocenters. The van der Waals surface area contributed by atoms with Gasteiger partial charge in [0, 0.05) is 6.61 Å². The van der Waals surface area contributed by atoms with E-state index in [9.17, 15) is 5.11 Å². The van der Waals surface area contributed by atoms with Crippen LogP contribution in [0.2, 0.25) is 0 Å². The van der Waals surface area contributed by atoms with E-state index in [0.29, 0.717) is 12.8 Å². The van der Waals surface area contributed by atoms with E-state index in [0.717, 1.165) is 5.56 Å². The Labute approximate surface area is 77.3 Å². The van der Waals surface area contributed by atoms with Gasteiger partial charge in [0.05, 0.1) is 6.10 Å². The van der Waals surface area contributed by atoms with Gasteiger partial charge < -0.3 is 15.3 Å². The quantitative estimate of drug-likeness (QED) is 0.641. The van der Waals surface area contributed by atoms with E-state index in [1.165, 1.54) is 0 Å². The number of hydrogen-bond donors (Lipinski definition) is 3. The van der Waals surface area contributed by atoms with Crippen LogP contribution in [0.5, 0.6) is 5.75 Å². The van der Waals surface area contributed by atoms with Gasteiger partial charge in [-0.3, -0.25) is 0 Å². The van der Waals surface area contributed by atoms with E-state index in [4.69, 9.17) is 10.2 Å². The summed E-state index contributed by atoms with van der Waals surface area (Å²) in [5.74, 6) is 0.223. The molecular formula is C10H14O3. The van der Waals surface area contributed by atoms with Crippen molar-refractivity contribution in [2.24, 2.45) is 0 Å². The zero-order valence-electron chi connectivity index (χ0n) is 7.35. The van der Waals surface area contributed by atoms with Crippen LogP contribution in [-0.4, -0.2) is 28.0 Å². The van der Waals surface area contributed by atoms with Crippen LogP contribution in [0, 0.1) is 0 Å². The summed E-state index contributed by atoms with van der Waals surface area (Å²) in [6, 6.07) is 6.69. The van der Waals surface area contributed by atoms with Crippen LogP contribution in [0.1, 0.15) is 12.0 Å². The molecule has 1 aromatic carbocycles. The number of aliphatic hydroxyl groups excluding tert-OH is 2. The Morgan fingerprint density at radius 2 is 1.77 bits per heavy atom. The van der Waals surface area contributed by atoms with Gasteiger partial charge in [-0.05, 0) is 30.5 Å². The fourth-order valence-corrected chi connectivity index (χ4v) is 1.16. The highest BCUT2D eigenvalue weighted by atomic mass is 16.3. The molecule has 0 aliphatic carbocycles. The molecule has 3 heteroatoms. The summed E-state index contributed by atoms with van der Waals surface area (Å²) < 4.78 is 0. The maximum absolute atomic E-state index is 9.35. The third kappa shape index (κ3) is 3.44. The number of aromatic hydroxyl groups is 1. The molecule has 1 unspecified atom stereocenters. The molecule has 1 rings (SSSR count). The monoisotopic (exact) mass is 182 g/mol. The molecule has 72 valence electrons. The average molecular weight is 182 g/mol. The van der Waals surface area contributed by atoms with E-state index in [-0.39, 0.29) is 12.4 Å². The minimum atomic E-state index is -0.505. The van der Waals surface area contributed by atoms with E-state index in [2.05, 4.69) is 0 Å². The largest absolute Gasteiger partial charge is 0.508 e. The lowest BCUT2D eigenvalue weighted by molar-refractivity contribution is 0.133. The average Bonchev–Trinajstić information content (AvgIpc) is 2.09. The molecule has 3 N–H and O–H groups in total. The SMILES string of the molecule is OCCC(O)Cc1ccc(O)cc1. The molecule has 0 saturated heterocycles. The van der Waals surface area contributed by atoms with Crippen LogP contribution in [0.4, 0.5) is 0 Å². The summed E-state index contributed by atoms with van der Waals surface area (Å²) in [6.45, 7) is -0.000744. The number of hydrogen-bond acceptors (Lipinski definition) is 3. The van der Waals surface area contributed by atoms with Crippen molar-refractivity contribution in [3.8, 4) is 5.75 Å². The van der Waals surface area contributed by atoms with E-state index in [1.807, 2.05) is 0 Å². The molecule has 1 aromatic rings. The summed E-state index contributed by atoms with van der Waals surface area (Å²) >= 11 is 0. The minimum Gasteiger partial charge on any atom is -0.508 e. The van der Waals surface area contributed by atoms with Crippen molar-refractivity contribution in [3.63, 3.8) is 0 Å². The van der Waals surface area contributed by atoms with Gasteiger partial charge in [0.15, 0.2) is 0 Å². The summed E-state index contributed by atoms with van der Waals surface area (Å²) in [4.78, 5) is 0. The molecule has 0 heterocycles. The molecule has 0 fully saturated rings. The normalized spacial score (nSPS) is 12.8. The van der Waals surface area contributed by atoms with Gasteiger partial charge in [-0.15, -0.1) is 0 Å². The number of phenols is 1. The summed E-state index contributed by atoms with van der Waals surface area (Å²) in [5.41, 5.74) is 0.957. The number of benzene rings is 1. The van der Waals surface area contributed by atoms with E-state index < -0.39 is 6.10 Å². The van der Waals surface area contributed by atoms with Crippen LogP contribution in [0.25, 0.3) is 0 Å². The lowest BCUT2D eigenvalue weighted by atomic mass is 10.1. The highest BCUT2D eigenvalue weighted by molar-refractivity contribution is 5.26. The van der Waals surface area contributed by atoms with Crippen molar-refractivity contribution in [2.75, 3.05) is 6.61 Å². The van der Waals surface area contributed by atoms with Crippen LogP contribution >= 0.6 is 0 Å². The van der Waals surface area contributed by atoms with Crippen molar-refractivity contribution in [3.05, 3.63) is 29.8 Å². The zero-order valence-corrected chi connectivity index (χ0v) is 7.35. The maximum Gasteiger partial charge on any atom is 0.115 e. The second-order valence-electron chi connectivity index (χ2n) is 3.04. The first kappa shape index (κ1) is 10.0. The Hall–Kier alpha value is -1.06. The first-order chi connectivity index (χ1) is 6.22. The third-order valence-corrected chi connectivity index (χ3v) is 1.87. The molecule has 0 aliphatic heterocycles. The molecule has 0 bridgehead atoms. The number of aliphatic hydroxyl groups is 2. The van der Waals surface area contributed by atoms with Crippen LogP contribution in [-0.2, 0) is 6.42 Å². The Balaban J connectivity index is 2.49. The Morgan fingerprint density at radius 1 is 1.15 bits per heavy atom. The highest BCUT2D eigenvalue weighted by Crippen LogP contribution is 2.11. The first-order valence-electron chi connectivity index (χ1n) is 4.29. The van der Waals surface area contributed by atoms with Gasteiger partial charge in [0.25, 0.3) is 0 Å². The maximum atomic E-state index is 9.35. The standard InChI is InChI=1S/C10H14O3/c11-6-5-10(13)7-8-1-3-9(12)4-2-8/h1-4,10-13H,5-7H2. The topological polar surface area (TPSA) is 60.7 Å². The number of phenolic OH excluding ortho intramolecular Hbond substituents is 1. The van der Waals surface area contributed by atoms with Crippen molar-refractivity contribution in [2.45, 2.75) is 18.9 Å². The van der Waals surface area contributed by atoms with E-state index in [1.54, 1.807) is 24.3 Å². The molecule has 0 spiro atoms. The molecule has 13 heavy (non-hydrogen) atoms. The smallest absolute Gasteiger partial charge is 0.115 e. The van der Waals surface area contributed by atoms with Crippen molar-refractivity contribution in [1.82, 2.24) is 0 Å². The molecule has 0 aliphatic rings. The second-order valence-corrected chi connectivity index (χ2v) is 3.04. The lowest BCUT2D eigenvalue weighted by Gasteiger charge is -2.08. The van der Waals surface area contributed by atoms with Gasteiger partial charge in [0.1, 0.15) is 5.75 Å². The van der Waals surface area contributed by atoms with Crippen LogP contribution < -0.4 is 0 Å². The van der Waals surface area contributed by atoms with Crippen molar-refractivity contribution < 1.29 is 15.3 Å². The fourth-order valence-electron chi connectivity index (χ4n) is 1.16. The molecule has 0 saturated carbocycles. The molecule has 3 nitrogen and oxygen atoms in total. The Morgan fingerprint density at radius 3 is 2.31 bits per heavy atom. The van der Waals surface area contributed by atoms with Gasteiger partial charge >= 0.3 is 0 Å². The second kappa shape index (κ2) is 4.84. The highest BCUT2D eigenvalue weighted by Gasteiger charge is 2.04. The lowest BCUT2D eigenvalue weighted by Crippen LogP contribution is -2.11. The van der Waals surface area contributed by atoms with Crippen molar-refractivity contribution in [1.29, 1.82) is 0 Å². The van der Waals surface area contributed by atoms with Gasteiger partial charge in [-0.25, -0.2) is 0 Å². The van der Waals surface area contributed by atoms with Gasteiger partial charge in [-0.2, -0.15) is 0 Å². The van der Waals surface area contributed by atoms with Crippen LogP contribution in [0.15, 0.2) is 24.3 Å². The Bertz CT molecular complexity index is 243. The van der Waals surface area contributed by atoms with Gasteiger partial charge in [-0.1, -0.05) is 12.1 Å². The predicted octanol–water partition coefficient (Wildman–Crippen LogP) is 0.678. The zero-order chi connectivity index (χ0) is 9.68. The summed E-state index contributed by atoms with van der Waals surface area (Å²) in [5, 5.41) is 26.9.